The lowest BCUT2D eigenvalue weighted by Crippen LogP contribution is -2.30. The zero-order valence-electron chi connectivity index (χ0n) is 8.06. The molecule has 15 heavy (non-hydrogen) atoms. The van der Waals surface area contributed by atoms with E-state index in [0.717, 1.165) is 0 Å². The Morgan fingerprint density at radius 2 is 2.40 bits per heavy atom. The van der Waals surface area contributed by atoms with Crippen molar-refractivity contribution in [3.8, 4) is 0 Å². The largest absolute Gasteiger partial charge is 0.465 e. The summed E-state index contributed by atoms with van der Waals surface area (Å²) >= 11 is 0. The van der Waals surface area contributed by atoms with Crippen molar-refractivity contribution in [2.24, 2.45) is 0 Å². The summed E-state index contributed by atoms with van der Waals surface area (Å²) in [6.07, 6.45) is 1.30. The van der Waals surface area contributed by atoms with E-state index in [-0.39, 0.29) is 11.6 Å². The van der Waals surface area contributed by atoms with Gasteiger partial charge in [0.25, 0.3) is 10.0 Å². The fourth-order valence-electron chi connectivity index (χ4n) is 0.836. The number of H-pyrrole nitrogens is 1. The Labute approximate surface area is 86.9 Å². The molecule has 0 aliphatic heterocycles. The summed E-state index contributed by atoms with van der Waals surface area (Å²) in [6, 6.07) is 1.29. The number of hydrogen-bond acceptors (Lipinski definition) is 5. The van der Waals surface area contributed by atoms with Gasteiger partial charge in [-0.2, -0.15) is 9.82 Å². The topological polar surface area (TPSA) is 101 Å². The number of rotatable bonds is 5. The second kappa shape index (κ2) is 4.89. The lowest BCUT2D eigenvalue weighted by Gasteiger charge is -2.03. The first-order valence-corrected chi connectivity index (χ1v) is 5.69. The van der Waals surface area contributed by atoms with Gasteiger partial charge in [0.2, 0.25) is 0 Å². The second-order valence-corrected chi connectivity index (χ2v) is 4.29. The lowest BCUT2D eigenvalue weighted by atomic mass is 10.7. The van der Waals surface area contributed by atoms with E-state index in [1.807, 2.05) is 0 Å². The Kier molecular flexibility index (Phi) is 3.81. The van der Waals surface area contributed by atoms with Crippen molar-refractivity contribution in [1.82, 2.24) is 14.9 Å². The van der Waals surface area contributed by atoms with Gasteiger partial charge in [-0.25, -0.2) is 8.42 Å². The molecule has 0 radical (unpaired) electrons. The standard InChI is InChI=1S/C7H11N3O4S/c1-2-14-7(11)5-9-15(12,13)6-3-4-8-10-6/h3-4,9H,2,5H2,1H3,(H,8,10). The summed E-state index contributed by atoms with van der Waals surface area (Å²) in [4.78, 5) is 10.9. The molecule has 0 aliphatic rings. The third-order valence-electron chi connectivity index (χ3n) is 1.48. The molecule has 0 saturated carbocycles. The first kappa shape index (κ1) is 11.7. The Bertz CT molecular complexity index is 411. The highest BCUT2D eigenvalue weighted by Crippen LogP contribution is 2.01. The Morgan fingerprint density at radius 3 is 2.93 bits per heavy atom. The van der Waals surface area contributed by atoms with Crippen LogP contribution in [0.1, 0.15) is 6.92 Å². The summed E-state index contributed by atoms with van der Waals surface area (Å²) in [5.41, 5.74) is 0. The zero-order chi connectivity index (χ0) is 11.3. The molecule has 0 fully saturated rings. The van der Waals surface area contributed by atoms with E-state index in [2.05, 4.69) is 19.7 Å². The molecule has 1 aromatic heterocycles. The molecule has 0 amide bonds. The van der Waals surface area contributed by atoms with Gasteiger partial charge >= 0.3 is 5.97 Å². The van der Waals surface area contributed by atoms with Crippen LogP contribution in [0.2, 0.25) is 0 Å². The summed E-state index contributed by atoms with van der Waals surface area (Å²) in [6.45, 7) is 1.46. The minimum atomic E-state index is -3.70. The van der Waals surface area contributed by atoms with Crippen LogP contribution in [0.25, 0.3) is 0 Å². The highest BCUT2D eigenvalue weighted by molar-refractivity contribution is 7.89. The van der Waals surface area contributed by atoms with Gasteiger partial charge in [0, 0.05) is 0 Å². The van der Waals surface area contributed by atoms with Crippen molar-refractivity contribution in [3.05, 3.63) is 12.3 Å². The van der Waals surface area contributed by atoms with Crippen LogP contribution in [0.15, 0.2) is 17.3 Å². The predicted molar refractivity (Wildman–Crippen MR) is 50.4 cm³/mol. The predicted octanol–water partition coefficient (Wildman–Crippen LogP) is -0.749. The SMILES string of the molecule is CCOC(=O)CNS(=O)(=O)c1ccn[nH]1. The van der Waals surface area contributed by atoms with Crippen LogP contribution in [-0.4, -0.2) is 37.7 Å². The summed E-state index contributed by atoms with van der Waals surface area (Å²) in [5, 5.41) is 5.68. The normalized spacial score (nSPS) is 11.3. The number of sulfonamides is 1. The van der Waals surface area contributed by atoms with E-state index in [0.29, 0.717) is 0 Å². The molecular weight excluding hydrogens is 222 g/mol. The second-order valence-electron chi connectivity index (χ2n) is 2.55. The smallest absolute Gasteiger partial charge is 0.321 e. The molecule has 0 spiro atoms. The van der Waals surface area contributed by atoms with Crippen LogP contribution >= 0.6 is 0 Å². The van der Waals surface area contributed by atoms with E-state index < -0.39 is 22.5 Å². The average Bonchev–Trinajstić information content (AvgIpc) is 2.69. The van der Waals surface area contributed by atoms with E-state index in [9.17, 15) is 13.2 Å². The fraction of sp³-hybridized carbons (Fsp3) is 0.429. The van der Waals surface area contributed by atoms with Gasteiger partial charge in [-0.3, -0.25) is 9.89 Å². The van der Waals surface area contributed by atoms with Crippen molar-refractivity contribution in [1.29, 1.82) is 0 Å². The van der Waals surface area contributed by atoms with Crippen molar-refractivity contribution < 1.29 is 17.9 Å². The lowest BCUT2D eigenvalue weighted by molar-refractivity contribution is -0.141. The molecule has 0 bridgehead atoms. The Hall–Kier alpha value is -1.41. The molecule has 8 heteroatoms. The van der Waals surface area contributed by atoms with E-state index >= 15 is 0 Å². The molecule has 0 unspecified atom stereocenters. The minimum Gasteiger partial charge on any atom is -0.465 e. The van der Waals surface area contributed by atoms with Gasteiger partial charge in [0.1, 0.15) is 6.54 Å². The van der Waals surface area contributed by atoms with Gasteiger partial charge in [-0.05, 0) is 13.0 Å². The number of ether oxygens (including phenoxy) is 1. The molecule has 1 rings (SSSR count). The Balaban J connectivity index is 2.55. The summed E-state index contributed by atoms with van der Waals surface area (Å²) in [5.74, 6) is -0.624. The molecule has 1 heterocycles. The maximum atomic E-state index is 11.4. The van der Waals surface area contributed by atoms with E-state index in [4.69, 9.17) is 0 Å². The number of carbonyl (C=O) groups excluding carboxylic acids is 1. The van der Waals surface area contributed by atoms with Gasteiger partial charge < -0.3 is 4.74 Å². The van der Waals surface area contributed by atoms with Crippen molar-refractivity contribution >= 4 is 16.0 Å². The molecule has 0 atom stereocenters. The number of esters is 1. The zero-order valence-corrected chi connectivity index (χ0v) is 8.87. The maximum Gasteiger partial charge on any atom is 0.321 e. The monoisotopic (exact) mass is 233 g/mol. The van der Waals surface area contributed by atoms with Crippen LogP contribution in [0.5, 0.6) is 0 Å². The molecule has 7 nitrogen and oxygen atoms in total. The van der Waals surface area contributed by atoms with E-state index in [1.165, 1.54) is 12.3 Å². The van der Waals surface area contributed by atoms with Gasteiger partial charge in [0.05, 0.1) is 12.8 Å². The number of aromatic nitrogens is 2. The summed E-state index contributed by atoms with van der Waals surface area (Å²) < 4.78 is 29.5. The number of carbonyl (C=O) groups is 1. The molecule has 84 valence electrons. The van der Waals surface area contributed by atoms with Gasteiger partial charge in [-0.15, -0.1) is 0 Å². The number of aromatic amines is 1. The fourth-order valence-corrected chi connectivity index (χ4v) is 1.71. The van der Waals surface area contributed by atoms with Crippen LogP contribution in [-0.2, 0) is 19.6 Å². The molecule has 2 N–H and O–H groups in total. The van der Waals surface area contributed by atoms with Crippen LogP contribution in [0.4, 0.5) is 0 Å². The minimum absolute atomic E-state index is 0.0909. The van der Waals surface area contributed by atoms with Gasteiger partial charge in [-0.1, -0.05) is 0 Å². The molecule has 0 aliphatic carbocycles. The highest BCUT2D eigenvalue weighted by atomic mass is 32.2. The van der Waals surface area contributed by atoms with Crippen molar-refractivity contribution in [2.45, 2.75) is 11.9 Å². The van der Waals surface area contributed by atoms with E-state index in [1.54, 1.807) is 6.92 Å². The van der Waals surface area contributed by atoms with Crippen LogP contribution < -0.4 is 4.72 Å². The average molecular weight is 233 g/mol. The van der Waals surface area contributed by atoms with Gasteiger partial charge in [0.15, 0.2) is 5.03 Å². The number of nitrogens with zero attached hydrogens (tertiary/aromatic N) is 1. The molecular formula is C7H11N3O4S. The third kappa shape index (κ3) is 3.33. The van der Waals surface area contributed by atoms with Crippen LogP contribution in [0.3, 0.4) is 0 Å². The molecule has 0 saturated heterocycles. The maximum absolute atomic E-state index is 11.4. The first-order valence-electron chi connectivity index (χ1n) is 4.21. The third-order valence-corrected chi connectivity index (χ3v) is 2.81. The molecule has 0 aromatic carbocycles. The van der Waals surface area contributed by atoms with Crippen molar-refractivity contribution in [3.63, 3.8) is 0 Å². The van der Waals surface area contributed by atoms with Crippen molar-refractivity contribution in [2.75, 3.05) is 13.2 Å². The van der Waals surface area contributed by atoms with Crippen LogP contribution in [0, 0.1) is 0 Å². The quantitative estimate of drug-likeness (QED) is 0.652. The highest BCUT2D eigenvalue weighted by Gasteiger charge is 2.16. The Morgan fingerprint density at radius 1 is 1.67 bits per heavy atom. The summed E-state index contributed by atoms with van der Waals surface area (Å²) in [7, 11) is -3.70. The number of nitrogens with one attached hydrogen (secondary N) is 2. The first-order chi connectivity index (χ1) is 7.06. The molecule has 1 aromatic rings. The number of hydrogen-bond donors (Lipinski definition) is 2.